The number of anilines is 6. The molecule has 4 heterocycles. The molecule has 2 aromatic heterocycles. The van der Waals surface area contributed by atoms with Crippen LogP contribution in [0.15, 0.2) is 103 Å². The summed E-state index contributed by atoms with van der Waals surface area (Å²) in [6.07, 6.45) is 4.17. The second-order valence-electron chi connectivity index (χ2n) is 25.1. The number of nitrogens with zero attached hydrogens (tertiary/aromatic N) is 4. The van der Waals surface area contributed by atoms with E-state index in [0.29, 0.717) is 0 Å². The van der Waals surface area contributed by atoms with E-state index in [1.54, 1.807) is 0 Å². The average Bonchev–Trinajstić information content (AvgIpc) is 3.62. The van der Waals surface area contributed by atoms with Gasteiger partial charge in [-0.15, -0.1) is 11.3 Å². The first kappa shape index (κ1) is 44.6. The molecule has 3 aliphatic rings. The van der Waals surface area contributed by atoms with Crippen LogP contribution in [0.4, 0.5) is 34.4 Å². The summed E-state index contributed by atoms with van der Waals surface area (Å²) >= 11 is 1.95. The van der Waals surface area contributed by atoms with E-state index < -0.39 is 0 Å². The van der Waals surface area contributed by atoms with Gasteiger partial charge in [-0.3, -0.25) is 9.80 Å². The topological polar surface area (TPSA) is 32.3 Å². The van der Waals surface area contributed by atoms with Crippen LogP contribution in [0.2, 0.25) is 0 Å². The van der Waals surface area contributed by atoms with Crippen LogP contribution in [0, 0.1) is 0 Å². The van der Waals surface area contributed by atoms with Crippen molar-refractivity contribution in [3.05, 3.63) is 137 Å². The number of hydrogen-bond donors (Lipinski definition) is 0. The van der Waals surface area contributed by atoms with Crippen LogP contribution in [-0.2, 0) is 32.5 Å². The predicted molar refractivity (Wildman–Crippen MR) is 287 cm³/mol. The zero-order valence-corrected chi connectivity index (χ0v) is 43.3. The Balaban J connectivity index is 1.31. The van der Waals surface area contributed by atoms with Gasteiger partial charge in [-0.1, -0.05) is 171 Å². The van der Waals surface area contributed by atoms with Crippen LogP contribution in [0.25, 0.3) is 21.2 Å². The van der Waals surface area contributed by atoms with E-state index in [2.05, 4.69) is 218 Å². The SMILES string of the molecule is CC(C)(C)c1ccc(-c2ccc(C(C)(C)C)cc2N2c3cc(C(C)(C)C)ccc3B3c4sc5ccc(C(C)(C)C)cc5c4N(c4ccc5c(c4)C(C)(C)CCC5(C)C)c4ncnc2c43)cc1. The second kappa shape index (κ2) is 14.7. The molecule has 4 nitrogen and oxygen atoms in total. The van der Waals surface area contributed by atoms with Gasteiger partial charge in [0.25, 0.3) is 6.71 Å². The van der Waals surface area contributed by atoms with Crippen molar-refractivity contribution < 1.29 is 0 Å². The van der Waals surface area contributed by atoms with E-state index >= 15 is 0 Å². The first-order valence-corrected chi connectivity index (χ1v) is 25.1. The zero-order chi connectivity index (χ0) is 47.3. The fourth-order valence-corrected chi connectivity index (χ4v) is 12.2. The maximum absolute atomic E-state index is 5.44. The molecule has 2 aliphatic heterocycles. The van der Waals surface area contributed by atoms with Crippen LogP contribution in [0.1, 0.15) is 157 Å². The number of benzene rings is 5. The van der Waals surface area contributed by atoms with Gasteiger partial charge < -0.3 is 0 Å². The maximum atomic E-state index is 5.44. The Labute approximate surface area is 400 Å². The van der Waals surface area contributed by atoms with Crippen LogP contribution >= 0.6 is 11.3 Å². The molecule has 0 radical (unpaired) electrons. The van der Waals surface area contributed by atoms with E-state index in [1.807, 2.05) is 17.7 Å². The van der Waals surface area contributed by atoms with E-state index in [4.69, 9.17) is 9.97 Å². The molecule has 7 aromatic rings. The fourth-order valence-electron chi connectivity index (χ4n) is 10.9. The third-order valence-corrected chi connectivity index (χ3v) is 16.5. The maximum Gasteiger partial charge on any atom is 0.268 e. The molecule has 5 aromatic carbocycles. The molecule has 0 bridgehead atoms. The van der Waals surface area contributed by atoms with Crippen molar-refractivity contribution >= 4 is 78.2 Å². The van der Waals surface area contributed by atoms with E-state index in [-0.39, 0.29) is 39.2 Å². The molecule has 338 valence electrons. The Kier molecular flexibility index (Phi) is 9.91. The number of aromatic nitrogens is 2. The average molecular weight is 889 g/mol. The molecule has 0 unspecified atom stereocenters. The molecule has 1 aliphatic carbocycles. The van der Waals surface area contributed by atoms with Gasteiger partial charge in [0.15, 0.2) is 0 Å². The summed E-state index contributed by atoms with van der Waals surface area (Å²) < 4.78 is 2.65. The Bertz CT molecular complexity index is 3090. The molecule has 66 heavy (non-hydrogen) atoms. The molecule has 0 atom stereocenters. The Morgan fingerprint density at radius 2 is 1.06 bits per heavy atom. The Morgan fingerprint density at radius 3 is 1.68 bits per heavy atom. The van der Waals surface area contributed by atoms with Crippen molar-refractivity contribution in [1.29, 1.82) is 0 Å². The summed E-state index contributed by atoms with van der Waals surface area (Å²) in [5.41, 5.74) is 17.8. The largest absolute Gasteiger partial charge is 0.295 e. The molecule has 0 N–H and O–H groups in total. The first-order chi connectivity index (χ1) is 30.7. The lowest BCUT2D eigenvalue weighted by atomic mass is 9.36. The number of thiophene rings is 1. The highest BCUT2D eigenvalue weighted by molar-refractivity contribution is 7.33. The van der Waals surface area contributed by atoms with Gasteiger partial charge in [-0.25, -0.2) is 9.97 Å². The minimum absolute atomic E-state index is 0.00909. The standard InChI is InChI=1S/C60H69BN4S/c1-55(2,3)37-19-17-36(18-20-37)42-25-21-39(57(7,8)9)32-47(42)65-48-33-40(58(10,11)12)22-27-46(48)61-50-53(62-35-63-54(50)65)64(41-24-26-44-45(34-41)60(15,16)30-29-59(44,13)14)51-43-31-38(56(4,5)6)23-28-49(43)66-52(51)61/h17-28,31-35H,29-30H2,1-16H3. The van der Waals surface area contributed by atoms with E-state index in [0.717, 1.165) is 34.9 Å². The molecular weight excluding hydrogens is 820 g/mol. The van der Waals surface area contributed by atoms with Gasteiger partial charge in [0, 0.05) is 37.3 Å². The predicted octanol–water partition coefficient (Wildman–Crippen LogP) is 15.0. The van der Waals surface area contributed by atoms with Crippen LogP contribution in [-0.4, -0.2) is 16.7 Å². The minimum Gasteiger partial charge on any atom is -0.295 e. The zero-order valence-electron chi connectivity index (χ0n) is 42.5. The lowest BCUT2D eigenvalue weighted by molar-refractivity contribution is 0.332. The van der Waals surface area contributed by atoms with Crippen molar-refractivity contribution in [1.82, 2.24) is 9.97 Å². The highest BCUT2D eigenvalue weighted by Crippen LogP contribution is 2.52. The fraction of sp³-hybridized carbons (Fsp3) is 0.400. The molecule has 10 rings (SSSR count). The van der Waals surface area contributed by atoms with Gasteiger partial charge in [-0.05, 0) is 126 Å². The number of fused-ring (bicyclic) bond motifs is 7. The molecule has 0 spiro atoms. The van der Waals surface area contributed by atoms with Crippen molar-refractivity contribution in [2.45, 2.75) is 156 Å². The van der Waals surface area contributed by atoms with Crippen molar-refractivity contribution in [2.24, 2.45) is 0 Å². The molecule has 0 amide bonds. The van der Waals surface area contributed by atoms with Gasteiger partial charge in [0.1, 0.15) is 18.0 Å². The van der Waals surface area contributed by atoms with Crippen LogP contribution in [0.5, 0.6) is 0 Å². The van der Waals surface area contributed by atoms with E-state index in [1.165, 1.54) is 82.6 Å². The third kappa shape index (κ3) is 7.15. The lowest BCUT2D eigenvalue weighted by Crippen LogP contribution is -2.61. The minimum atomic E-state index is -0.0770. The lowest BCUT2D eigenvalue weighted by Gasteiger charge is -2.44. The summed E-state index contributed by atoms with van der Waals surface area (Å²) in [5, 5.41) is 1.29. The van der Waals surface area contributed by atoms with Crippen molar-refractivity contribution in [2.75, 3.05) is 9.80 Å². The summed E-state index contributed by atoms with van der Waals surface area (Å²) in [5.74, 6) is 1.91. The Hall–Kier alpha value is -5.20. The van der Waals surface area contributed by atoms with Gasteiger partial charge in [0.2, 0.25) is 0 Å². The molecule has 0 fully saturated rings. The smallest absolute Gasteiger partial charge is 0.268 e. The summed E-state index contributed by atoms with van der Waals surface area (Å²) in [6.45, 7) is 37.4. The summed E-state index contributed by atoms with van der Waals surface area (Å²) in [6, 6.07) is 38.2. The van der Waals surface area contributed by atoms with Crippen LogP contribution < -0.4 is 25.5 Å². The van der Waals surface area contributed by atoms with Crippen molar-refractivity contribution in [3.63, 3.8) is 0 Å². The highest BCUT2D eigenvalue weighted by atomic mass is 32.1. The summed E-state index contributed by atoms with van der Waals surface area (Å²) in [7, 11) is 0. The third-order valence-electron chi connectivity index (χ3n) is 15.3. The Morgan fingerprint density at radius 1 is 0.530 bits per heavy atom. The normalized spacial score (nSPS) is 16.5. The first-order valence-electron chi connectivity index (χ1n) is 24.3. The summed E-state index contributed by atoms with van der Waals surface area (Å²) in [4.78, 5) is 15.9. The van der Waals surface area contributed by atoms with Gasteiger partial charge in [-0.2, -0.15) is 0 Å². The molecule has 0 saturated heterocycles. The quantitative estimate of drug-likeness (QED) is 0.165. The monoisotopic (exact) mass is 889 g/mol. The molecule has 6 heteroatoms. The molecular formula is C60H69BN4S. The van der Waals surface area contributed by atoms with Crippen LogP contribution in [0.3, 0.4) is 0 Å². The second-order valence-corrected chi connectivity index (χ2v) is 26.2. The van der Waals surface area contributed by atoms with Crippen molar-refractivity contribution in [3.8, 4) is 11.1 Å². The van der Waals surface area contributed by atoms with Gasteiger partial charge >= 0.3 is 0 Å². The van der Waals surface area contributed by atoms with E-state index in [9.17, 15) is 0 Å². The number of hydrogen-bond acceptors (Lipinski definition) is 5. The highest BCUT2D eigenvalue weighted by Gasteiger charge is 2.48. The molecule has 0 saturated carbocycles. The van der Waals surface area contributed by atoms with Gasteiger partial charge in [0.05, 0.1) is 11.4 Å². The number of rotatable bonds is 3.